The number of oxazole rings is 1. The SMILES string of the molecule is CC(C)CC(N)c1nc(C(=O)NC(CSCc2ccccc2)C(=O)Nc2ccc([N+](=O)[O-])cc2)co1. The van der Waals surface area contributed by atoms with Crippen molar-refractivity contribution in [2.75, 3.05) is 11.1 Å². The van der Waals surface area contributed by atoms with Crippen molar-refractivity contribution in [2.24, 2.45) is 11.7 Å². The second-order valence-corrected chi connectivity index (χ2v) is 9.66. The van der Waals surface area contributed by atoms with Gasteiger partial charge in [-0.25, -0.2) is 4.98 Å². The lowest BCUT2D eigenvalue weighted by Crippen LogP contribution is -2.45. The van der Waals surface area contributed by atoms with E-state index in [1.165, 1.54) is 42.3 Å². The molecule has 190 valence electrons. The molecule has 2 amide bonds. The van der Waals surface area contributed by atoms with Gasteiger partial charge in [-0.1, -0.05) is 44.2 Å². The number of rotatable bonds is 12. The topological polar surface area (TPSA) is 153 Å². The number of nitrogens with zero attached hydrogens (tertiary/aromatic N) is 2. The number of nitro groups is 1. The number of nitro benzene ring substituents is 1. The fraction of sp³-hybridized carbons (Fsp3) is 0.320. The van der Waals surface area contributed by atoms with Gasteiger partial charge >= 0.3 is 0 Å². The van der Waals surface area contributed by atoms with E-state index in [1.807, 2.05) is 44.2 Å². The maximum Gasteiger partial charge on any atom is 0.273 e. The lowest BCUT2D eigenvalue weighted by molar-refractivity contribution is -0.384. The third kappa shape index (κ3) is 7.92. The molecule has 2 atom stereocenters. The number of benzene rings is 2. The van der Waals surface area contributed by atoms with Crippen LogP contribution in [0.15, 0.2) is 65.3 Å². The Bertz CT molecular complexity index is 1170. The summed E-state index contributed by atoms with van der Waals surface area (Å²) in [6.07, 6.45) is 1.88. The van der Waals surface area contributed by atoms with Crippen LogP contribution >= 0.6 is 11.8 Å². The van der Waals surface area contributed by atoms with Gasteiger partial charge in [0.1, 0.15) is 12.3 Å². The molecule has 0 fully saturated rings. The van der Waals surface area contributed by atoms with E-state index in [0.717, 1.165) is 5.56 Å². The van der Waals surface area contributed by atoms with Crippen LogP contribution in [0.3, 0.4) is 0 Å². The molecule has 0 aliphatic carbocycles. The number of anilines is 1. The zero-order chi connectivity index (χ0) is 26.1. The summed E-state index contributed by atoms with van der Waals surface area (Å²) in [6.45, 7) is 4.05. The van der Waals surface area contributed by atoms with Crippen molar-refractivity contribution in [1.29, 1.82) is 0 Å². The Morgan fingerprint density at radius 3 is 2.47 bits per heavy atom. The molecule has 3 aromatic rings. The Morgan fingerprint density at radius 1 is 1.14 bits per heavy atom. The van der Waals surface area contributed by atoms with Crippen LogP contribution in [0.2, 0.25) is 0 Å². The third-order valence-electron chi connectivity index (χ3n) is 5.16. The van der Waals surface area contributed by atoms with Crippen molar-refractivity contribution in [3.05, 3.63) is 88.1 Å². The maximum absolute atomic E-state index is 13.0. The van der Waals surface area contributed by atoms with Crippen LogP contribution in [-0.4, -0.2) is 33.5 Å². The first-order chi connectivity index (χ1) is 17.2. The van der Waals surface area contributed by atoms with Crippen molar-refractivity contribution in [1.82, 2.24) is 10.3 Å². The van der Waals surface area contributed by atoms with Crippen LogP contribution in [0, 0.1) is 16.0 Å². The Balaban J connectivity index is 1.69. The Morgan fingerprint density at radius 2 is 1.83 bits per heavy atom. The average Bonchev–Trinajstić information content (AvgIpc) is 3.35. The molecule has 0 aliphatic heterocycles. The van der Waals surface area contributed by atoms with Crippen LogP contribution in [0.4, 0.5) is 11.4 Å². The molecule has 2 unspecified atom stereocenters. The predicted molar refractivity (Wildman–Crippen MR) is 138 cm³/mol. The van der Waals surface area contributed by atoms with E-state index in [9.17, 15) is 19.7 Å². The highest BCUT2D eigenvalue weighted by atomic mass is 32.2. The van der Waals surface area contributed by atoms with Gasteiger partial charge in [-0.05, 0) is 30.0 Å². The summed E-state index contributed by atoms with van der Waals surface area (Å²) in [5.74, 6) is 0.508. The Hall–Kier alpha value is -3.70. The predicted octanol–water partition coefficient (Wildman–Crippen LogP) is 4.30. The quantitative estimate of drug-likeness (QED) is 0.240. The second kappa shape index (κ2) is 12.8. The van der Waals surface area contributed by atoms with Gasteiger partial charge in [0.15, 0.2) is 5.69 Å². The van der Waals surface area contributed by atoms with Crippen molar-refractivity contribution >= 4 is 35.0 Å². The van der Waals surface area contributed by atoms with Gasteiger partial charge in [0.2, 0.25) is 11.8 Å². The van der Waals surface area contributed by atoms with E-state index in [4.69, 9.17) is 10.2 Å². The van der Waals surface area contributed by atoms with Gasteiger partial charge in [-0.15, -0.1) is 0 Å². The summed E-state index contributed by atoms with van der Waals surface area (Å²) >= 11 is 1.49. The zero-order valence-corrected chi connectivity index (χ0v) is 20.9. The number of aromatic nitrogens is 1. The summed E-state index contributed by atoms with van der Waals surface area (Å²) in [7, 11) is 0. The molecule has 0 bridgehead atoms. The molecular weight excluding hydrogens is 482 g/mol. The molecule has 0 spiro atoms. The highest BCUT2D eigenvalue weighted by Crippen LogP contribution is 2.20. The van der Waals surface area contributed by atoms with Gasteiger partial charge in [0.05, 0.1) is 11.0 Å². The molecule has 1 heterocycles. The fourth-order valence-corrected chi connectivity index (χ4v) is 4.37. The molecule has 0 saturated heterocycles. The number of nitrogens with one attached hydrogen (secondary N) is 2. The van der Waals surface area contributed by atoms with E-state index < -0.39 is 28.8 Å². The van der Waals surface area contributed by atoms with Gasteiger partial charge < -0.3 is 20.8 Å². The van der Waals surface area contributed by atoms with E-state index >= 15 is 0 Å². The van der Waals surface area contributed by atoms with Gasteiger partial charge in [-0.3, -0.25) is 19.7 Å². The molecule has 36 heavy (non-hydrogen) atoms. The minimum Gasteiger partial charge on any atom is -0.446 e. The molecule has 4 N–H and O–H groups in total. The number of hydrogen-bond donors (Lipinski definition) is 3. The van der Waals surface area contributed by atoms with Gasteiger partial charge in [0, 0.05) is 29.3 Å². The Kier molecular flexibility index (Phi) is 9.60. The fourth-order valence-electron chi connectivity index (χ4n) is 3.35. The first kappa shape index (κ1) is 26.9. The minimum atomic E-state index is -0.897. The van der Waals surface area contributed by atoms with E-state index in [2.05, 4.69) is 15.6 Å². The number of amides is 2. The van der Waals surface area contributed by atoms with Crippen LogP contribution < -0.4 is 16.4 Å². The summed E-state index contributed by atoms with van der Waals surface area (Å²) in [6, 6.07) is 13.9. The molecule has 10 nitrogen and oxygen atoms in total. The Labute approximate surface area is 213 Å². The van der Waals surface area contributed by atoms with E-state index in [-0.39, 0.29) is 23.0 Å². The highest BCUT2D eigenvalue weighted by molar-refractivity contribution is 7.98. The number of hydrogen-bond acceptors (Lipinski definition) is 8. The smallest absolute Gasteiger partial charge is 0.273 e. The lowest BCUT2D eigenvalue weighted by atomic mass is 10.0. The monoisotopic (exact) mass is 511 g/mol. The number of thioether (sulfide) groups is 1. The van der Waals surface area contributed by atoms with Crippen LogP contribution in [0.5, 0.6) is 0 Å². The first-order valence-electron chi connectivity index (χ1n) is 11.4. The van der Waals surface area contributed by atoms with Crippen molar-refractivity contribution in [3.63, 3.8) is 0 Å². The average molecular weight is 512 g/mol. The third-order valence-corrected chi connectivity index (χ3v) is 6.27. The van der Waals surface area contributed by atoms with Gasteiger partial charge in [0.25, 0.3) is 11.6 Å². The first-order valence-corrected chi connectivity index (χ1v) is 12.6. The second-order valence-electron chi connectivity index (χ2n) is 8.63. The van der Waals surface area contributed by atoms with Crippen molar-refractivity contribution in [2.45, 2.75) is 38.1 Å². The van der Waals surface area contributed by atoms with Gasteiger partial charge in [-0.2, -0.15) is 11.8 Å². The molecular formula is C25H29N5O5S. The molecule has 0 saturated carbocycles. The number of carbonyl (C=O) groups is 2. The van der Waals surface area contributed by atoms with Crippen molar-refractivity contribution in [3.8, 4) is 0 Å². The summed E-state index contributed by atoms with van der Waals surface area (Å²) in [5.41, 5.74) is 7.50. The molecule has 11 heteroatoms. The minimum absolute atomic E-state index is 0.0328. The zero-order valence-electron chi connectivity index (χ0n) is 20.0. The number of nitrogens with two attached hydrogens (primary N) is 1. The maximum atomic E-state index is 13.0. The highest BCUT2D eigenvalue weighted by Gasteiger charge is 2.25. The molecule has 2 aromatic carbocycles. The molecule has 0 radical (unpaired) electrons. The molecule has 0 aliphatic rings. The standard InChI is InChI=1S/C25H29N5O5S/c1-16(2)12-20(26)25-29-21(13-35-25)23(31)28-22(15-36-14-17-6-4-3-5-7-17)24(32)27-18-8-10-19(11-9-18)30(33)34/h3-11,13,16,20,22H,12,14-15,26H2,1-2H3,(H,27,32)(H,28,31). The summed E-state index contributed by atoms with van der Waals surface area (Å²) < 4.78 is 5.40. The van der Waals surface area contributed by atoms with Crippen LogP contribution in [0.1, 0.15) is 48.3 Å². The van der Waals surface area contributed by atoms with E-state index in [0.29, 0.717) is 23.8 Å². The molecule has 1 aromatic heterocycles. The molecule has 3 rings (SSSR count). The summed E-state index contributed by atoms with van der Waals surface area (Å²) in [4.78, 5) is 40.5. The number of carbonyl (C=O) groups excluding carboxylic acids is 2. The normalized spacial score (nSPS) is 12.7. The van der Waals surface area contributed by atoms with E-state index in [1.54, 1.807) is 0 Å². The van der Waals surface area contributed by atoms with Crippen molar-refractivity contribution < 1.29 is 18.9 Å². The van der Waals surface area contributed by atoms with Crippen LogP contribution in [0.25, 0.3) is 0 Å². The largest absolute Gasteiger partial charge is 0.446 e. The summed E-state index contributed by atoms with van der Waals surface area (Å²) in [5, 5.41) is 16.3. The number of non-ortho nitro benzene ring substituents is 1. The van der Waals surface area contributed by atoms with Crippen LogP contribution in [-0.2, 0) is 10.5 Å². The lowest BCUT2D eigenvalue weighted by Gasteiger charge is -2.18.